The highest BCUT2D eigenvalue weighted by Gasteiger charge is 2.18. The monoisotopic (exact) mass is 309 g/mol. The highest BCUT2D eigenvalue weighted by atomic mass is 19.1. The minimum atomic E-state index is -0.667. The number of hydrogen-bond acceptors (Lipinski definition) is 5. The Kier molecular flexibility index (Phi) is 3.60. The molecule has 0 saturated heterocycles. The Morgan fingerprint density at radius 3 is 2.83 bits per heavy atom. The summed E-state index contributed by atoms with van der Waals surface area (Å²) < 4.78 is 15.0. The second kappa shape index (κ2) is 5.59. The molecule has 0 bridgehead atoms. The van der Waals surface area contributed by atoms with Crippen LogP contribution in [0.15, 0.2) is 41.5 Å². The Hall–Kier alpha value is -3.11. The molecule has 0 fully saturated rings. The van der Waals surface area contributed by atoms with Crippen LogP contribution in [0.5, 0.6) is 0 Å². The van der Waals surface area contributed by atoms with Crippen LogP contribution in [-0.4, -0.2) is 14.5 Å². The lowest BCUT2D eigenvalue weighted by Crippen LogP contribution is -2.28. The Balaban J connectivity index is 2.50. The van der Waals surface area contributed by atoms with Crippen molar-refractivity contribution in [2.75, 3.05) is 0 Å². The maximum Gasteiger partial charge on any atom is 0.266 e. The third-order valence-corrected chi connectivity index (χ3v) is 3.40. The average Bonchev–Trinajstić information content (AvgIpc) is 2.55. The van der Waals surface area contributed by atoms with Gasteiger partial charge < -0.3 is 5.73 Å². The third-order valence-electron chi connectivity index (χ3n) is 3.40. The first-order chi connectivity index (χ1) is 11.0. The molecule has 7 heteroatoms. The van der Waals surface area contributed by atoms with E-state index in [1.165, 1.54) is 10.8 Å². The summed E-state index contributed by atoms with van der Waals surface area (Å²) in [4.78, 5) is 21.2. The first-order valence-electron chi connectivity index (χ1n) is 6.85. The quantitative estimate of drug-likeness (QED) is 0.778. The number of fused-ring (bicyclic) bond motifs is 1. The molecule has 0 spiro atoms. The van der Waals surface area contributed by atoms with Gasteiger partial charge in [-0.25, -0.2) is 9.37 Å². The minimum absolute atomic E-state index is 0.00247. The van der Waals surface area contributed by atoms with Crippen LogP contribution in [0.2, 0.25) is 0 Å². The lowest BCUT2D eigenvalue weighted by Gasteiger charge is -2.16. The molecule has 0 radical (unpaired) electrons. The van der Waals surface area contributed by atoms with Gasteiger partial charge in [0, 0.05) is 6.20 Å². The van der Waals surface area contributed by atoms with Crippen molar-refractivity contribution in [3.63, 3.8) is 0 Å². The number of nitrogens with zero attached hydrogens (tertiary/aromatic N) is 4. The molecule has 1 aromatic carbocycles. The molecule has 0 amide bonds. The van der Waals surface area contributed by atoms with Crippen LogP contribution in [0.25, 0.3) is 16.6 Å². The highest BCUT2D eigenvalue weighted by molar-refractivity contribution is 5.83. The molecule has 3 aromatic rings. The molecular weight excluding hydrogens is 297 g/mol. The number of benzene rings is 1. The predicted octanol–water partition coefficient (Wildman–Crippen LogP) is 1.81. The zero-order valence-electron chi connectivity index (χ0n) is 12.2. The fraction of sp³-hybridized carbons (Fsp3) is 0.125. The fourth-order valence-corrected chi connectivity index (χ4v) is 2.40. The molecule has 0 aliphatic heterocycles. The van der Waals surface area contributed by atoms with Crippen LogP contribution in [0.3, 0.4) is 0 Å². The SMILES string of the molecule is CC(N)c1nc2c(C#N)cc(F)cc2c(=O)n1-c1cccnc1. The Morgan fingerprint density at radius 2 is 2.22 bits per heavy atom. The summed E-state index contributed by atoms with van der Waals surface area (Å²) >= 11 is 0. The maximum atomic E-state index is 13.7. The molecule has 1 atom stereocenters. The lowest BCUT2D eigenvalue weighted by molar-refractivity contribution is 0.628. The molecule has 0 saturated carbocycles. The van der Waals surface area contributed by atoms with Gasteiger partial charge in [-0.1, -0.05) is 0 Å². The average molecular weight is 309 g/mol. The normalized spacial score (nSPS) is 12.1. The van der Waals surface area contributed by atoms with Gasteiger partial charge in [-0.3, -0.25) is 14.3 Å². The van der Waals surface area contributed by atoms with Crippen molar-refractivity contribution in [1.29, 1.82) is 5.26 Å². The molecule has 114 valence electrons. The van der Waals surface area contributed by atoms with Gasteiger partial charge in [0.2, 0.25) is 0 Å². The number of pyridine rings is 1. The van der Waals surface area contributed by atoms with E-state index >= 15 is 0 Å². The third kappa shape index (κ3) is 2.45. The maximum absolute atomic E-state index is 13.7. The first-order valence-corrected chi connectivity index (χ1v) is 6.85. The molecule has 2 N–H and O–H groups in total. The van der Waals surface area contributed by atoms with Crippen molar-refractivity contribution in [1.82, 2.24) is 14.5 Å². The zero-order chi connectivity index (χ0) is 16.6. The predicted molar refractivity (Wildman–Crippen MR) is 82.4 cm³/mol. The Labute approximate surface area is 130 Å². The van der Waals surface area contributed by atoms with Crippen molar-refractivity contribution in [2.24, 2.45) is 5.73 Å². The number of hydrogen-bond donors (Lipinski definition) is 1. The number of nitriles is 1. The molecule has 3 rings (SSSR count). The molecule has 0 aliphatic rings. The molecule has 2 aromatic heterocycles. The van der Waals surface area contributed by atoms with E-state index < -0.39 is 17.4 Å². The van der Waals surface area contributed by atoms with E-state index in [1.54, 1.807) is 25.3 Å². The molecule has 6 nitrogen and oxygen atoms in total. The summed E-state index contributed by atoms with van der Waals surface area (Å²) in [5.74, 6) is -0.391. The van der Waals surface area contributed by atoms with Gasteiger partial charge >= 0.3 is 0 Å². The summed E-state index contributed by atoms with van der Waals surface area (Å²) in [6.45, 7) is 1.68. The summed E-state index contributed by atoms with van der Waals surface area (Å²) in [5, 5.41) is 9.18. The van der Waals surface area contributed by atoms with Gasteiger partial charge in [-0.2, -0.15) is 5.26 Å². The topological polar surface area (TPSA) is 97.6 Å². The summed E-state index contributed by atoms with van der Waals surface area (Å²) in [7, 11) is 0. The van der Waals surface area contributed by atoms with E-state index in [2.05, 4.69) is 9.97 Å². The summed E-state index contributed by atoms with van der Waals surface area (Å²) in [5.41, 5.74) is 6.06. The van der Waals surface area contributed by atoms with E-state index in [-0.39, 0.29) is 22.3 Å². The smallest absolute Gasteiger partial charge is 0.266 e. The number of halogens is 1. The van der Waals surface area contributed by atoms with Gasteiger partial charge in [0.15, 0.2) is 0 Å². The van der Waals surface area contributed by atoms with Gasteiger partial charge in [-0.15, -0.1) is 0 Å². The molecular formula is C16H12FN5O. The van der Waals surface area contributed by atoms with Crippen LogP contribution >= 0.6 is 0 Å². The number of aromatic nitrogens is 3. The number of rotatable bonds is 2. The van der Waals surface area contributed by atoms with Gasteiger partial charge in [0.25, 0.3) is 5.56 Å². The van der Waals surface area contributed by atoms with E-state index in [0.717, 1.165) is 12.1 Å². The highest BCUT2D eigenvalue weighted by Crippen LogP contribution is 2.20. The lowest BCUT2D eigenvalue weighted by atomic mass is 10.1. The van der Waals surface area contributed by atoms with Gasteiger partial charge in [0.1, 0.15) is 17.7 Å². The van der Waals surface area contributed by atoms with Crippen LogP contribution in [0.4, 0.5) is 4.39 Å². The largest absolute Gasteiger partial charge is 0.322 e. The minimum Gasteiger partial charge on any atom is -0.322 e. The van der Waals surface area contributed by atoms with Gasteiger partial charge in [-0.05, 0) is 31.2 Å². The van der Waals surface area contributed by atoms with Crippen molar-refractivity contribution >= 4 is 10.9 Å². The standard InChI is InChI=1S/C16H12FN5O/c1-9(19)15-21-14-10(7-18)5-11(17)6-13(14)16(23)22(15)12-3-2-4-20-8-12/h2-6,8-9H,19H2,1H3. The fourth-order valence-electron chi connectivity index (χ4n) is 2.40. The molecule has 2 heterocycles. The van der Waals surface area contributed by atoms with Crippen LogP contribution in [0.1, 0.15) is 24.4 Å². The number of nitrogens with two attached hydrogens (primary N) is 1. The van der Waals surface area contributed by atoms with Crippen molar-refractivity contribution in [3.8, 4) is 11.8 Å². The molecule has 23 heavy (non-hydrogen) atoms. The second-order valence-corrected chi connectivity index (χ2v) is 5.07. The second-order valence-electron chi connectivity index (χ2n) is 5.07. The first kappa shape index (κ1) is 14.8. The zero-order valence-corrected chi connectivity index (χ0v) is 12.2. The van der Waals surface area contributed by atoms with E-state index in [1.807, 2.05) is 6.07 Å². The summed E-state index contributed by atoms with van der Waals surface area (Å²) in [6, 6.07) is 6.76. The van der Waals surface area contributed by atoms with E-state index in [9.17, 15) is 9.18 Å². The molecule has 0 aliphatic carbocycles. The summed E-state index contributed by atoms with van der Waals surface area (Å²) in [6.07, 6.45) is 3.06. The Bertz CT molecular complexity index is 989. The van der Waals surface area contributed by atoms with Crippen molar-refractivity contribution in [2.45, 2.75) is 13.0 Å². The Morgan fingerprint density at radius 1 is 1.43 bits per heavy atom. The van der Waals surface area contributed by atoms with E-state index in [0.29, 0.717) is 5.69 Å². The van der Waals surface area contributed by atoms with E-state index in [4.69, 9.17) is 11.0 Å². The van der Waals surface area contributed by atoms with Crippen molar-refractivity contribution < 1.29 is 4.39 Å². The van der Waals surface area contributed by atoms with Crippen LogP contribution in [-0.2, 0) is 0 Å². The molecule has 1 unspecified atom stereocenters. The van der Waals surface area contributed by atoms with Crippen LogP contribution in [0, 0.1) is 17.1 Å². The van der Waals surface area contributed by atoms with Crippen LogP contribution < -0.4 is 11.3 Å². The van der Waals surface area contributed by atoms with Crippen molar-refractivity contribution in [3.05, 3.63) is 64.2 Å². The van der Waals surface area contributed by atoms with Gasteiger partial charge in [0.05, 0.1) is 34.4 Å².